The lowest BCUT2D eigenvalue weighted by molar-refractivity contribution is 0.0731. The fourth-order valence-corrected chi connectivity index (χ4v) is 6.13. The number of carbonyl (C=O) groups is 1. The Balaban J connectivity index is 1.34. The lowest BCUT2D eigenvalue weighted by Crippen LogP contribution is -2.40. The smallest absolute Gasteiger partial charge is 0.253 e. The van der Waals surface area contributed by atoms with Crippen LogP contribution in [0.4, 0.5) is 5.82 Å². The van der Waals surface area contributed by atoms with Crippen LogP contribution in [0.1, 0.15) is 15.2 Å². The third kappa shape index (κ3) is 4.81. The Morgan fingerprint density at radius 2 is 1.73 bits per heavy atom. The predicted octanol–water partition coefficient (Wildman–Crippen LogP) is 0.931. The van der Waals surface area contributed by atoms with E-state index in [1.807, 2.05) is 6.07 Å². The van der Waals surface area contributed by atoms with Gasteiger partial charge in [-0.25, -0.2) is 13.4 Å². The number of nitrogens with zero attached hydrogens (tertiary/aromatic N) is 3. The van der Waals surface area contributed by atoms with E-state index in [0.29, 0.717) is 45.1 Å². The fourth-order valence-electron chi connectivity index (χ4n) is 3.28. The van der Waals surface area contributed by atoms with E-state index in [9.17, 15) is 13.2 Å². The zero-order chi connectivity index (χ0) is 21.0. The first-order valence-electron chi connectivity index (χ1n) is 9.77. The minimum absolute atomic E-state index is 0.248. The number of rotatable bonds is 6. The Morgan fingerprint density at radius 3 is 2.40 bits per heavy atom. The van der Waals surface area contributed by atoms with Crippen molar-refractivity contribution < 1.29 is 22.7 Å². The van der Waals surface area contributed by atoms with Gasteiger partial charge in [0.05, 0.1) is 38.5 Å². The first kappa shape index (κ1) is 21.2. The molecule has 4 rings (SSSR count). The molecule has 0 spiro atoms. The van der Waals surface area contributed by atoms with Gasteiger partial charge in [0, 0.05) is 37.3 Å². The van der Waals surface area contributed by atoms with Gasteiger partial charge in [0.2, 0.25) is 0 Å². The average Bonchev–Trinajstić information content (AvgIpc) is 3.29. The van der Waals surface area contributed by atoms with E-state index < -0.39 is 10.0 Å². The maximum atomic E-state index is 12.7. The van der Waals surface area contributed by atoms with Crippen molar-refractivity contribution in [3.8, 4) is 0 Å². The normalized spacial score (nSPS) is 18.3. The molecule has 2 fully saturated rings. The summed E-state index contributed by atoms with van der Waals surface area (Å²) in [5.41, 5.74) is 0.463. The number of aromatic nitrogens is 1. The average molecular weight is 453 g/mol. The molecule has 2 aromatic heterocycles. The number of nitrogens with one attached hydrogen (secondary N) is 1. The fraction of sp³-hybridized carbons (Fsp3) is 0.474. The van der Waals surface area contributed by atoms with Crippen LogP contribution in [0.3, 0.4) is 0 Å². The first-order chi connectivity index (χ1) is 14.5. The van der Waals surface area contributed by atoms with Crippen molar-refractivity contribution in [2.45, 2.75) is 10.8 Å². The number of morpholine rings is 2. The van der Waals surface area contributed by atoms with E-state index in [0.717, 1.165) is 23.8 Å². The van der Waals surface area contributed by atoms with Crippen molar-refractivity contribution >= 4 is 33.1 Å². The molecule has 11 heteroatoms. The molecule has 0 aromatic carbocycles. The number of carbonyl (C=O) groups excluding carboxylic acids is 1. The summed E-state index contributed by atoms with van der Waals surface area (Å²) >= 11 is 1.17. The summed E-state index contributed by atoms with van der Waals surface area (Å²) in [4.78, 5) is 19.7. The van der Waals surface area contributed by atoms with Crippen molar-refractivity contribution in [1.82, 2.24) is 14.6 Å². The molecule has 2 aliphatic heterocycles. The monoisotopic (exact) mass is 452 g/mol. The van der Waals surface area contributed by atoms with E-state index >= 15 is 0 Å². The summed E-state index contributed by atoms with van der Waals surface area (Å²) in [5.74, 6) is 0.577. The van der Waals surface area contributed by atoms with Crippen molar-refractivity contribution in [2.24, 2.45) is 0 Å². The molecule has 2 aliphatic rings. The van der Waals surface area contributed by atoms with Crippen molar-refractivity contribution in [2.75, 3.05) is 57.5 Å². The SMILES string of the molecule is O=C(NCc1ccc(S(=O)(=O)N2CCOCC2)s1)c1ccc(N2CCOCC2)nc1. The highest BCUT2D eigenvalue weighted by molar-refractivity contribution is 7.91. The van der Waals surface area contributed by atoms with Crippen LogP contribution < -0.4 is 10.2 Å². The lowest BCUT2D eigenvalue weighted by Gasteiger charge is -2.27. The van der Waals surface area contributed by atoms with E-state index in [-0.39, 0.29) is 16.7 Å². The Kier molecular flexibility index (Phi) is 6.64. The van der Waals surface area contributed by atoms with Crippen molar-refractivity contribution in [3.05, 3.63) is 40.9 Å². The van der Waals surface area contributed by atoms with Crippen LogP contribution in [-0.4, -0.2) is 76.2 Å². The molecule has 1 N–H and O–H groups in total. The van der Waals surface area contributed by atoms with Crippen LogP contribution >= 0.6 is 11.3 Å². The van der Waals surface area contributed by atoms with Gasteiger partial charge in [0.25, 0.3) is 15.9 Å². The quantitative estimate of drug-likeness (QED) is 0.696. The Labute approximate surface area is 179 Å². The Hall–Kier alpha value is -2.05. The Bertz CT molecular complexity index is 965. The zero-order valence-corrected chi connectivity index (χ0v) is 18.1. The lowest BCUT2D eigenvalue weighted by atomic mass is 10.2. The van der Waals surface area contributed by atoms with Gasteiger partial charge in [-0.15, -0.1) is 11.3 Å². The number of hydrogen-bond donors (Lipinski definition) is 1. The van der Waals surface area contributed by atoms with Crippen molar-refractivity contribution in [3.63, 3.8) is 0 Å². The van der Waals surface area contributed by atoms with Gasteiger partial charge in [-0.05, 0) is 24.3 Å². The van der Waals surface area contributed by atoms with Gasteiger partial charge >= 0.3 is 0 Å². The number of amides is 1. The van der Waals surface area contributed by atoms with E-state index in [4.69, 9.17) is 9.47 Å². The molecule has 0 saturated carbocycles. The summed E-state index contributed by atoms with van der Waals surface area (Å²) < 4.78 is 37.7. The molecule has 0 unspecified atom stereocenters. The largest absolute Gasteiger partial charge is 0.379 e. The van der Waals surface area contributed by atoms with Crippen LogP contribution in [0.2, 0.25) is 0 Å². The molecule has 4 heterocycles. The summed E-state index contributed by atoms with van der Waals surface area (Å²) in [7, 11) is -3.51. The highest BCUT2D eigenvalue weighted by atomic mass is 32.2. The highest BCUT2D eigenvalue weighted by Crippen LogP contribution is 2.25. The standard InChI is InChI=1S/C19H24N4O5S2/c24-19(15-1-3-17(20-13-15)22-5-9-27-10-6-22)21-14-16-2-4-18(29-16)30(25,26)23-7-11-28-12-8-23/h1-4,13H,5-12,14H2,(H,21,24). The minimum Gasteiger partial charge on any atom is -0.379 e. The summed E-state index contributed by atoms with van der Waals surface area (Å²) in [6.07, 6.45) is 1.56. The van der Waals surface area contributed by atoms with E-state index in [1.54, 1.807) is 24.4 Å². The minimum atomic E-state index is -3.51. The molecule has 0 aliphatic carbocycles. The second-order valence-electron chi connectivity index (χ2n) is 6.92. The summed E-state index contributed by atoms with van der Waals surface area (Å²) in [5, 5.41) is 2.83. The number of pyridine rings is 1. The van der Waals surface area contributed by atoms with E-state index in [2.05, 4.69) is 15.2 Å². The number of ether oxygens (including phenoxy) is 2. The molecule has 0 bridgehead atoms. The number of hydrogen-bond acceptors (Lipinski definition) is 8. The van der Waals surface area contributed by atoms with Crippen LogP contribution in [0.5, 0.6) is 0 Å². The van der Waals surface area contributed by atoms with Gasteiger partial charge in [0.1, 0.15) is 10.0 Å². The molecule has 9 nitrogen and oxygen atoms in total. The molecule has 0 atom stereocenters. The zero-order valence-electron chi connectivity index (χ0n) is 16.5. The van der Waals surface area contributed by atoms with Gasteiger partial charge in [-0.2, -0.15) is 4.31 Å². The molecule has 2 saturated heterocycles. The Morgan fingerprint density at radius 1 is 1.03 bits per heavy atom. The van der Waals surface area contributed by atoms with Crippen LogP contribution in [0.15, 0.2) is 34.7 Å². The summed E-state index contributed by atoms with van der Waals surface area (Å²) in [6, 6.07) is 6.90. The molecule has 1 amide bonds. The van der Waals surface area contributed by atoms with Crippen LogP contribution in [-0.2, 0) is 26.0 Å². The number of sulfonamides is 1. The molecule has 0 radical (unpaired) electrons. The molecule has 162 valence electrons. The van der Waals surface area contributed by atoms with Gasteiger partial charge in [-0.1, -0.05) is 0 Å². The molecule has 30 heavy (non-hydrogen) atoms. The maximum absolute atomic E-state index is 12.7. The van der Waals surface area contributed by atoms with Crippen LogP contribution in [0, 0.1) is 0 Å². The van der Waals surface area contributed by atoms with Crippen LogP contribution in [0.25, 0.3) is 0 Å². The van der Waals surface area contributed by atoms with E-state index in [1.165, 1.54) is 15.6 Å². The predicted molar refractivity (Wildman–Crippen MR) is 112 cm³/mol. The van der Waals surface area contributed by atoms with Gasteiger partial charge < -0.3 is 19.7 Å². The highest BCUT2D eigenvalue weighted by Gasteiger charge is 2.27. The number of thiophene rings is 1. The summed E-state index contributed by atoms with van der Waals surface area (Å²) in [6.45, 7) is 4.71. The van der Waals surface area contributed by atoms with Gasteiger partial charge in [0.15, 0.2) is 0 Å². The molecular formula is C19H24N4O5S2. The topological polar surface area (TPSA) is 101 Å². The second-order valence-corrected chi connectivity index (χ2v) is 10.3. The van der Waals surface area contributed by atoms with Gasteiger partial charge in [-0.3, -0.25) is 4.79 Å². The maximum Gasteiger partial charge on any atom is 0.253 e. The van der Waals surface area contributed by atoms with Crippen molar-refractivity contribution in [1.29, 1.82) is 0 Å². The number of anilines is 1. The third-order valence-electron chi connectivity index (χ3n) is 4.97. The first-order valence-corrected chi connectivity index (χ1v) is 12.0. The molecule has 2 aromatic rings. The third-order valence-corrected chi connectivity index (χ3v) is 8.42. The molecular weight excluding hydrogens is 428 g/mol. The second kappa shape index (κ2) is 9.40.